The number of aliphatic carboxylic acids is 2. The molecule has 0 saturated carbocycles. The van der Waals surface area contributed by atoms with Crippen molar-refractivity contribution in [1.29, 1.82) is 5.26 Å². The normalized spacial score (nSPS) is 15.1. The number of benzene rings is 1. The van der Waals surface area contributed by atoms with E-state index >= 15 is 0 Å². The van der Waals surface area contributed by atoms with Gasteiger partial charge in [0, 0.05) is 6.54 Å². The number of carboxylic acids is 2. The van der Waals surface area contributed by atoms with Gasteiger partial charge in [0.15, 0.2) is 0 Å². The fourth-order valence-electron chi connectivity index (χ4n) is 3.11. The molecular weight excluding hydrogens is 336 g/mol. The van der Waals surface area contributed by atoms with Gasteiger partial charge in [-0.3, -0.25) is 4.90 Å². The zero-order valence-corrected chi connectivity index (χ0v) is 14.6. The minimum Gasteiger partial charge on any atom is -0.473 e. The predicted octanol–water partition coefficient (Wildman–Crippen LogP) is 1.74. The molecule has 2 aromatic rings. The van der Waals surface area contributed by atoms with E-state index in [1.54, 1.807) is 0 Å². The lowest BCUT2D eigenvalue weighted by Gasteiger charge is -2.30. The summed E-state index contributed by atoms with van der Waals surface area (Å²) < 4.78 is 2.35. The summed E-state index contributed by atoms with van der Waals surface area (Å²) in [5, 5.41) is 23.5. The van der Waals surface area contributed by atoms with E-state index in [0.717, 1.165) is 31.0 Å². The fourth-order valence-corrected chi connectivity index (χ4v) is 3.11. The second kappa shape index (κ2) is 8.97. The number of para-hydroxylation sites is 2. The molecule has 1 aliphatic rings. The van der Waals surface area contributed by atoms with Crippen molar-refractivity contribution >= 4 is 23.0 Å². The molecule has 1 aromatic heterocycles. The molecule has 1 aromatic carbocycles. The van der Waals surface area contributed by atoms with Crippen molar-refractivity contribution < 1.29 is 19.8 Å². The topological polar surface area (TPSA) is 119 Å². The largest absolute Gasteiger partial charge is 0.473 e. The lowest BCUT2D eigenvalue weighted by molar-refractivity contribution is -0.159. The van der Waals surface area contributed by atoms with Crippen LogP contribution in [0.5, 0.6) is 0 Å². The summed E-state index contributed by atoms with van der Waals surface area (Å²) in [6, 6.07) is 10.6. The van der Waals surface area contributed by atoms with Crippen LogP contribution in [-0.2, 0) is 16.1 Å². The van der Waals surface area contributed by atoms with E-state index in [1.165, 1.54) is 18.4 Å². The highest BCUT2D eigenvalue weighted by Gasteiger charge is 2.20. The van der Waals surface area contributed by atoms with Gasteiger partial charge in [-0.15, -0.1) is 0 Å². The lowest BCUT2D eigenvalue weighted by Crippen LogP contribution is -2.35. The number of piperidine rings is 1. The molecule has 3 rings (SSSR count). The van der Waals surface area contributed by atoms with Crippen LogP contribution < -0.4 is 0 Å². The molecule has 8 nitrogen and oxygen atoms in total. The lowest BCUT2D eigenvalue weighted by atomic mass is 9.96. The van der Waals surface area contributed by atoms with Crippen molar-refractivity contribution in [3.63, 3.8) is 0 Å². The SMILES string of the molecule is Cc1nc2ccccc2n1CC1CCN(CC#N)CC1.O=C(O)C(=O)O. The minimum absolute atomic E-state index is 0.569. The Hall–Kier alpha value is -2.92. The van der Waals surface area contributed by atoms with Gasteiger partial charge in [0.2, 0.25) is 0 Å². The zero-order chi connectivity index (χ0) is 19.1. The van der Waals surface area contributed by atoms with Crippen LogP contribution in [0.3, 0.4) is 0 Å². The molecule has 0 radical (unpaired) electrons. The summed E-state index contributed by atoms with van der Waals surface area (Å²) in [6.07, 6.45) is 2.35. The summed E-state index contributed by atoms with van der Waals surface area (Å²) in [7, 11) is 0. The van der Waals surface area contributed by atoms with Crippen LogP contribution in [0.1, 0.15) is 18.7 Å². The number of hydrogen-bond donors (Lipinski definition) is 2. The number of nitrogens with zero attached hydrogens (tertiary/aromatic N) is 4. The average molecular weight is 358 g/mol. The molecule has 0 unspecified atom stereocenters. The van der Waals surface area contributed by atoms with Crippen LogP contribution >= 0.6 is 0 Å². The third-order valence-corrected chi connectivity index (χ3v) is 4.47. The number of aryl methyl sites for hydroxylation is 1. The third kappa shape index (κ3) is 5.04. The first-order valence-corrected chi connectivity index (χ1v) is 8.39. The van der Waals surface area contributed by atoms with E-state index in [-0.39, 0.29) is 0 Å². The second-order valence-corrected chi connectivity index (χ2v) is 6.25. The molecule has 0 atom stereocenters. The fraction of sp³-hybridized carbons (Fsp3) is 0.444. The summed E-state index contributed by atoms with van der Waals surface area (Å²) in [5.74, 6) is -1.85. The van der Waals surface area contributed by atoms with Crippen molar-refractivity contribution in [3.8, 4) is 6.07 Å². The van der Waals surface area contributed by atoms with Crippen LogP contribution in [0.2, 0.25) is 0 Å². The molecule has 8 heteroatoms. The maximum absolute atomic E-state index is 9.10. The Bertz CT molecular complexity index is 804. The van der Waals surface area contributed by atoms with Crippen LogP contribution in [-0.4, -0.2) is 56.2 Å². The van der Waals surface area contributed by atoms with Crippen molar-refractivity contribution in [3.05, 3.63) is 30.1 Å². The smallest absolute Gasteiger partial charge is 0.414 e. The second-order valence-electron chi connectivity index (χ2n) is 6.25. The molecule has 1 aliphatic heterocycles. The molecule has 0 aliphatic carbocycles. The monoisotopic (exact) mass is 358 g/mol. The summed E-state index contributed by atoms with van der Waals surface area (Å²) >= 11 is 0. The van der Waals surface area contributed by atoms with Gasteiger partial charge in [-0.2, -0.15) is 5.26 Å². The maximum atomic E-state index is 9.10. The van der Waals surface area contributed by atoms with Gasteiger partial charge in [-0.25, -0.2) is 14.6 Å². The summed E-state index contributed by atoms with van der Waals surface area (Å²) in [5.41, 5.74) is 2.33. The number of aromatic nitrogens is 2. The molecule has 26 heavy (non-hydrogen) atoms. The minimum atomic E-state index is -1.82. The predicted molar refractivity (Wildman–Crippen MR) is 94.5 cm³/mol. The Morgan fingerprint density at radius 1 is 1.23 bits per heavy atom. The Labute approximate surface area is 151 Å². The number of hydrogen-bond acceptors (Lipinski definition) is 5. The first kappa shape index (κ1) is 19.4. The number of fused-ring (bicyclic) bond motifs is 1. The van der Waals surface area contributed by atoms with Gasteiger partial charge >= 0.3 is 11.9 Å². The van der Waals surface area contributed by atoms with E-state index in [2.05, 4.69) is 45.6 Å². The zero-order valence-electron chi connectivity index (χ0n) is 14.6. The molecule has 0 spiro atoms. The highest BCUT2D eigenvalue weighted by molar-refractivity contribution is 6.27. The Morgan fingerprint density at radius 3 is 2.42 bits per heavy atom. The van der Waals surface area contributed by atoms with Crippen molar-refractivity contribution in [2.45, 2.75) is 26.3 Å². The van der Waals surface area contributed by atoms with E-state index in [1.807, 2.05) is 6.07 Å². The number of likely N-dealkylation sites (tertiary alicyclic amines) is 1. The van der Waals surface area contributed by atoms with Gasteiger partial charge in [-0.05, 0) is 50.9 Å². The Morgan fingerprint density at radius 2 is 1.85 bits per heavy atom. The third-order valence-electron chi connectivity index (χ3n) is 4.47. The molecule has 2 heterocycles. The average Bonchev–Trinajstić information content (AvgIpc) is 2.93. The van der Waals surface area contributed by atoms with Crippen LogP contribution in [0, 0.1) is 24.2 Å². The van der Waals surface area contributed by atoms with E-state index < -0.39 is 11.9 Å². The summed E-state index contributed by atoms with van der Waals surface area (Å²) in [4.78, 5) is 25.1. The molecule has 0 bridgehead atoms. The Kier molecular flexibility index (Phi) is 6.69. The van der Waals surface area contributed by atoms with Gasteiger partial charge in [-0.1, -0.05) is 12.1 Å². The van der Waals surface area contributed by atoms with Crippen molar-refractivity contribution in [2.24, 2.45) is 5.92 Å². The Balaban J connectivity index is 0.000000352. The van der Waals surface area contributed by atoms with Gasteiger partial charge in [0.05, 0.1) is 23.6 Å². The van der Waals surface area contributed by atoms with Crippen molar-refractivity contribution in [1.82, 2.24) is 14.5 Å². The van der Waals surface area contributed by atoms with Crippen LogP contribution in [0.25, 0.3) is 11.0 Å². The van der Waals surface area contributed by atoms with E-state index in [0.29, 0.717) is 12.5 Å². The maximum Gasteiger partial charge on any atom is 0.414 e. The standard InChI is InChI=1S/C16H20N4.C2H2O4/c1-13-18-15-4-2-3-5-16(15)20(13)12-14-6-9-19(10-7-14)11-8-17;3-1(4)2(5)6/h2-5,14H,6-7,9-12H2,1H3;(H,3,4)(H,5,6). The highest BCUT2D eigenvalue weighted by atomic mass is 16.4. The molecule has 1 saturated heterocycles. The number of carboxylic acid groups (broad SMARTS) is 2. The van der Waals surface area contributed by atoms with Crippen LogP contribution in [0.15, 0.2) is 24.3 Å². The van der Waals surface area contributed by atoms with Gasteiger partial charge in [0.1, 0.15) is 5.82 Å². The number of carbonyl (C=O) groups is 2. The van der Waals surface area contributed by atoms with Gasteiger partial charge < -0.3 is 14.8 Å². The first-order valence-electron chi connectivity index (χ1n) is 8.39. The van der Waals surface area contributed by atoms with E-state index in [9.17, 15) is 0 Å². The number of nitriles is 1. The van der Waals surface area contributed by atoms with Crippen LogP contribution in [0.4, 0.5) is 0 Å². The van der Waals surface area contributed by atoms with Crippen molar-refractivity contribution in [2.75, 3.05) is 19.6 Å². The van der Waals surface area contributed by atoms with E-state index in [4.69, 9.17) is 25.1 Å². The number of imidazole rings is 1. The molecule has 1 fully saturated rings. The van der Waals surface area contributed by atoms with Gasteiger partial charge in [0.25, 0.3) is 0 Å². The molecule has 2 N–H and O–H groups in total. The number of rotatable bonds is 3. The molecular formula is C18H22N4O4. The molecule has 0 amide bonds. The first-order chi connectivity index (χ1) is 12.4. The summed E-state index contributed by atoms with van der Waals surface area (Å²) in [6.45, 7) is 5.80. The molecule has 138 valence electrons. The highest BCUT2D eigenvalue weighted by Crippen LogP contribution is 2.23. The quantitative estimate of drug-likeness (QED) is 0.633.